The van der Waals surface area contributed by atoms with Crippen LogP contribution < -0.4 is 5.32 Å². The van der Waals surface area contributed by atoms with Gasteiger partial charge in [0.2, 0.25) is 0 Å². The maximum Gasteiger partial charge on any atom is 0.121 e. The minimum atomic E-state index is -0.239. The SMILES string of the molecule is Oc1ccc2c(c1)C(c1ccccc1)=CC(Cl)N2. The van der Waals surface area contributed by atoms with E-state index in [1.54, 1.807) is 12.1 Å². The van der Waals surface area contributed by atoms with Gasteiger partial charge in [-0.3, -0.25) is 0 Å². The summed E-state index contributed by atoms with van der Waals surface area (Å²) in [4.78, 5) is 0. The Morgan fingerprint density at radius 2 is 1.83 bits per heavy atom. The lowest BCUT2D eigenvalue weighted by Crippen LogP contribution is -2.16. The predicted molar refractivity (Wildman–Crippen MR) is 74.9 cm³/mol. The molecule has 0 saturated heterocycles. The van der Waals surface area contributed by atoms with Crippen molar-refractivity contribution in [3.05, 3.63) is 65.7 Å². The Labute approximate surface area is 111 Å². The van der Waals surface area contributed by atoms with E-state index in [0.29, 0.717) is 0 Å². The summed E-state index contributed by atoms with van der Waals surface area (Å²) in [5.41, 5.74) is 3.81. The van der Waals surface area contributed by atoms with Gasteiger partial charge in [0, 0.05) is 11.3 Å². The molecule has 0 spiro atoms. The van der Waals surface area contributed by atoms with E-state index < -0.39 is 0 Å². The molecule has 1 unspecified atom stereocenters. The lowest BCUT2D eigenvalue weighted by molar-refractivity contribution is 0.475. The third-order valence-corrected chi connectivity index (χ3v) is 3.22. The first kappa shape index (κ1) is 11.2. The van der Waals surface area contributed by atoms with Crippen LogP contribution in [0.3, 0.4) is 0 Å². The van der Waals surface area contributed by atoms with Crippen molar-refractivity contribution in [2.75, 3.05) is 5.32 Å². The van der Waals surface area contributed by atoms with Gasteiger partial charge in [-0.05, 0) is 35.4 Å². The molecule has 2 N–H and O–H groups in total. The van der Waals surface area contributed by atoms with Crippen molar-refractivity contribution in [2.24, 2.45) is 0 Å². The first-order valence-electron chi connectivity index (χ1n) is 5.75. The van der Waals surface area contributed by atoms with Crippen molar-refractivity contribution in [2.45, 2.75) is 5.50 Å². The number of fused-ring (bicyclic) bond motifs is 1. The molecule has 18 heavy (non-hydrogen) atoms. The van der Waals surface area contributed by atoms with Gasteiger partial charge in [-0.2, -0.15) is 0 Å². The van der Waals surface area contributed by atoms with Crippen LogP contribution in [0.25, 0.3) is 5.57 Å². The normalized spacial score (nSPS) is 17.6. The lowest BCUT2D eigenvalue weighted by atomic mass is 9.94. The number of phenols is 1. The number of aromatic hydroxyl groups is 1. The van der Waals surface area contributed by atoms with Crippen molar-refractivity contribution < 1.29 is 5.11 Å². The van der Waals surface area contributed by atoms with Gasteiger partial charge in [0.25, 0.3) is 0 Å². The Hall–Kier alpha value is -1.93. The van der Waals surface area contributed by atoms with Crippen LogP contribution in [0.1, 0.15) is 11.1 Å². The van der Waals surface area contributed by atoms with Crippen LogP contribution in [-0.4, -0.2) is 10.6 Å². The minimum Gasteiger partial charge on any atom is -0.508 e. The Morgan fingerprint density at radius 3 is 2.61 bits per heavy atom. The molecule has 0 amide bonds. The van der Waals surface area contributed by atoms with Gasteiger partial charge in [0.05, 0.1) is 0 Å². The maximum atomic E-state index is 9.63. The van der Waals surface area contributed by atoms with Gasteiger partial charge in [-0.1, -0.05) is 41.9 Å². The Bertz CT molecular complexity index is 607. The van der Waals surface area contributed by atoms with E-state index in [1.165, 1.54) is 0 Å². The van der Waals surface area contributed by atoms with Crippen molar-refractivity contribution >= 4 is 22.9 Å². The molecule has 1 aliphatic rings. The number of rotatable bonds is 1. The van der Waals surface area contributed by atoms with Crippen molar-refractivity contribution in [3.8, 4) is 5.75 Å². The summed E-state index contributed by atoms with van der Waals surface area (Å²) in [6.45, 7) is 0. The highest BCUT2D eigenvalue weighted by Gasteiger charge is 2.18. The Balaban J connectivity index is 2.17. The number of hydrogen-bond donors (Lipinski definition) is 2. The number of alkyl halides is 1. The molecule has 0 radical (unpaired) electrons. The molecule has 3 rings (SSSR count). The average molecular weight is 258 g/mol. The zero-order chi connectivity index (χ0) is 12.5. The monoisotopic (exact) mass is 257 g/mol. The zero-order valence-electron chi connectivity index (χ0n) is 9.60. The van der Waals surface area contributed by atoms with Gasteiger partial charge in [-0.15, -0.1) is 0 Å². The molecule has 2 aromatic rings. The van der Waals surface area contributed by atoms with Crippen LogP contribution in [0.15, 0.2) is 54.6 Å². The van der Waals surface area contributed by atoms with E-state index in [1.807, 2.05) is 42.5 Å². The second-order valence-corrected chi connectivity index (χ2v) is 4.69. The highest BCUT2D eigenvalue weighted by atomic mass is 35.5. The number of halogens is 1. The summed E-state index contributed by atoms with van der Waals surface area (Å²) in [5, 5.41) is 12.8. The van der Waals surface area contributed by atoms with Gasteiger partial charge in [0.15, 0.2) is 0 Å². The molecule has 2 aromatic carbocycles. The van der Waals surface area contributed by atoms with Gasteiger partial charge in [-0.25, -0.2) is 0 Å². The molecule has 0 fully saturated rings. The third-order valence-electron chi connectivity index (χ3n) is 2.98. The van der Waals surface area contributed by atoms with Crippen LogP contribution in [-0.2, 0) is 0 Å². The molecule has 1 atom stereocenters. The molecule has 2 nitrogen and oxygen atoms in total. The van der Waals surface area contributed by atoms with E-state index >= 15 is 0 Å². The van der Waals surface area contributed by atoms with Crippen LogP contribution in [0.4, 0.5) is 5.69 Å². The first-order chi connectivity index (χ1) is 8.74. The summed E-state index contributed by atoms with van der Waals surface area (Å²) in [6, 6.07) is 15.3. The molecule has 1 aliphatic heterocycles. The highest BCUT2D eigenvalue weighted by Crippen LogP contribution is 2.36. The topological polar surface area (TPSA) is 32.3 Å². The molecule has 0 aromatic heterocycles. The second-order valence-electron chi connectivity index (χ2n) is 4.22. The molecule has 0 saturated carbocycles. The summed E-state index contributed by atoms with van der Waals surface area (Å²) >= 11 is 6.18. The van der Waals surface area contributed by atoms with Crippen molar-refractivity contribution in [1.82, 2.24) is 0 Å². The molecule has 3 heteroatoms. The minimum absolute atomic E-state index is 0.239. The number of phenolic OH excluding ortho intramolecular Hbond substituents is 1. The lowest BCUT2D eigenvalue weighted by Gasteiger charge is -2.23. The van der Waals surface area contributed by atoms with Crippen molar-refractivity contribution in [1.29, 1.82) is 0 Å². The highest BCUT2D eigenvalue weighted by molar-refractivity contribution is 6.24. The van der Waals surface area contributed by atoms with Gasteiger partial charge in [0.1, 0.15) is 11.3 Å². The smallest absolute Gasteiger partial charge is 0.121 e. The maximum absolute atomic E-state index is 9.63. The number of nitrogens with one attached hydrogen (secondary N) is 1. The van der Waals surface area contributed by atoms with Gasteiger partial charge < -0.3 is 10.4 Å². The molecule has 0 aliphatic carbocycles. The fraction of sp³-hybridized carbons (Fsp3) is 0.0667. The number of hydrogen-bond acceptors (Lipinski definition) is 2. The first-order valence-corrected chi connectivity index (χ1v) is 6.19. The molecule has 1 heterocycles. The van der Waals surface area contributed by atoms with Crippen LogP contribution in [0, 0.1) is 0 Å². The fourth-order valence-electron chi connectivity index (χ4n) is 2.18. The summed E-state index contributed by atoms with van der Waals surface area (Å²) in [7, 11) is 0. The van der Waals surface area contributed by atoms with E-state index in [9.17, 15) is 5.11 Å². The standard InChI is InChI=1S/C15H12ClNO/c16-15-9-12(10-4-2-1-3-5-10)13-8-11(18)6-7-14(13)17-15/h1-9,15,17-18H. The average Bonchev–Trinajstić information content (AvgIpc) is 2.39. The summed E-state index contributed by atoms with van der Waals surface area (Å²) < 4.78 is 0. The van der Waals surface area contributed by atoms with Gasteiger partial charge >= 0.3 is 0 Å². The predicted octanol–water partition coefficient (Wildman–Crippen LogP) is 3.81. The van der Waals surface area contributed by atoms with E-state index in [4.69, 9.17) is 11.6 Å². The fourth-order valence-corrected chi connectivity index (χ4v) is 2.42. The summed E-state index contributed by atoms with van der Waals surface area (Å²) in [6.07, 6.45) is 1.96. The number of anilines is 1. The molecule has 0 bridgehead atoms. The van der Waals surface area contributed by atoms with E-state index in [-0.39, 0.29) is 11.3 Å². The third kappa shape index (κ3) is 1.95. The van der Waals surface area contributed by atoms with E-state index in [0.717, 1.165) is 22.4 Å². The molecular formula is C15H12ClNO. The molecule has 90 valence electrons. The summed E-state index contributed by atoms with van der Waals surface area (Å²) in [5.74, 6) is 0.255. The molecular weight excluding hydrogens is 246 g/mol. The largest absolute Gasteiger partial charge is 0.508 e. The van der Waals surface area contributed by atoms with Crippen LogP contribution in [0.5, 0.6) is 5.75 Å². The van der Waals surface area contributed by atoms with Crippen LogP contribution >= 0.6 is 11.6 Å². The quantitative estimate of drug-likeness (QED) is 0.463. The van der Waals surface area contributed by atoms with E-state index in [2.05, 4.69) is 5.32 Å². The Morgan fingerprint density at radius 1 is 1.06 bits per heavy atom. The second kappa shape index (κ2) is 4.39. The van der Waals surface area contributed by atoms with Crippen molar-refractivity contribution in [3.63, 3.8) is 0 Å². The van der Waals surface area contributed by atoms with Crippen LogP contribution in [0.2, 0.25) is 0 Å². The zero-order valence-corrected chi connectivity index (χ0v) is 10.4. The Kier molecular flexibility index (Phi) is 2.73. The number of benzene rings is 2.